The van der Waals surface area contributed by atoms with Crippen molar-refractivity contribution in [3.8, 4) is 0 Å². The summed E-state index contributed by atoms with van der Waals surface area (Å²) in [5.41, 5.74) is -0.189. The van der Waals surface area contributed by atoms with Gasteiger partial charge in [0.1, 0.15) is 5.60 Å². The Kier molecular flexibility index (Phi) is 0.750. The summed E-state index contributed by atoms with van der Waals surface area (Å²) >= 11 is 0. The minimum absolute atomic E-state index is 0.189. The number of hydrogen-bond acceptors (Lipinski definition) is 2. The third kappa shape index (κ3) is 0.525. The van der Waals surface area contributed by atoms with Crippen LogP contribution in [0.15, 0.2) is 0 Å². The third-order valence-electron chi connectivity index (χ3n) is 2.20. The molecule has 0 aromatic heterocycles. The molecular weight excluding hydrogens is 120 g/mol. The van der Waals surface area contributed by atoms with Gasteiger partial charge in [-0.05, 0) is 19.3 Å². The smallest absolute Gasteiger partial charge is 0.335 e. The molecule has 1 spiro atoms. The first-order chi connectivity index (χ1) is 4.25. The van der Waals surface area contributed by atoms with Crippen LogP contribution in [0.25, 0.3) is 0 Å². The van der Waals surface area contributed by atoms with Gasteiger partial charge in [0.25, 0.3) is 0 Å². The molecule has 1 N–H and O–H groups in total. The Balaban J connectivity index is 2.01. The van der Waals surface area contributed by atoms with Crippen LogP contribution in [-0.2, 0) is 9.53 Å². The van der Waals surface area contributed by atoms with Gasteiger partial charge in [0.05, 0.1) is 0 Å². The second-order valence-corrected chi connectivity index (χ2v) is 2.75. The van der Waals surface area contributed by atoms with Gasteiger partial charge in [0, 0.05) is 0 Å². The van der Waals surface area contributed by atoms with E-state index in [-0.39, 0.29) is 5.60 Å². The molecule has 3 heteroatoms. The normalized spacial score (nSPS) is 35.8. The highest BCUT2D eigenvalue weighted by atomic mass is 16.6. The van der Waals surface area contributed by atoms with Crippen molar-refractivity contribution in [3.05, 3.63) is 0 Å². The summed E-state index contributed by atoms with van der Waals surface area (Å²) in [5.74, 6) is -0.797. The summed E-state index contributed by atoms with van der Waals surface area (Å²) in [5, 5.41) is 8.43. The number of rotatable bonds is 1. The standard InChI is InChI=1S/C6H8O3/c7-5(8)4-6(9-4)2-1-3-6/h4H,1-3H2,(H,7,8). The first kappa shape index (κ1) is 5.23. The van der Waals surface area contributed by atoms with Gasteiger partial charge in [-0.2, -0.15) is 0 Å². The Morgan fingerprint density at radius 2 is 2.33 bits per heavy atom. The molecule has 9 heavy (non-hydrogen) atoms. The van der Waals surface area contributed by atoms with E-state index in [1.165, 1.54) is 0 Å². The van der Waals surface area contributed by atoms with Crippen molar-refractivity contribution in [1.29, 1.82) is 0 Å². The van der Waals surface area contributed by atoms with E-state index in [1.54, 1.807) is 0 Å². The van der Waals surface area contributed by atoms with Gasteiger partial charge >= 0.3 is 5.97 Å². The molecule has 2 fully saturated rings. The molecule has 0 amide bonds. The van der Waals surface area contributed by atoms with Crippen molar-refractivity contribution in [3.63, 3.8) is 0 Å². The predicted molar refractivity (Wildman–Crippen MR) is 29.1 cm³/mol. The Bertz CT molecular complexity index is 160. The van der Waals surface area contributed by atoms with Crippen molar-refractivity contribution in [2.75, 3.05) is 0 Å². The molecule has 1 aliphatic carbocycles. The van der Waals surface area contributed by atoms with Gasteiger partial charge in [-0.25, -0.2) is 4.79 Å². The maximum atomic E-state index is 10.2. The van der Waals surface area contributed by atoms with Crippen molar-refractivity contribution in [2.24, 2.45) is 0 Å². The van der Waals surface area contributed by atoms with E-state index in [0.717, 1.165) is 19.3 Å². The summed E-state index contributed by atoms with van der Waals surface area (Å²) in [6.45, 7) is 0. The van der Waals surface area contributed by atoms with Crippen LogP contribution in [0, 0.1) is 0 Å². The number of epoxide rings is 1. The molecule has 50 valence electrons. The lowest BCUT2D eigenvalue weighted by Crippen LogP contribution is -2.27. The number of carboxylic acid groups (broad SMARTS) is 1. The molecule has 0 aromatic carbocycles. The van der Waals surface area contributed by atoms with Crippen LogP contribution in [0.2, 0.25) is 0 Å². The third-order valence-corrected chi connectivity index (χ3v) is 2.20. The van der Waals surface area contributed by atoms with Crippen LogP contribution in [0.5, 0.6) is 0 Å². The molecule has 1 saturated heterocycles. The molecule has 1 atom stereocenters. The molecule has 0 radical (unpaired) electrons. The first-order valence-electron chi connectivity index (χ1n) is 3.15. The highest BCUT2D eigenvalue weighted by molar-refractivity contribution is 5.77. The molecule has 1 aliphatic heterocycles. The van der Waals surface area contributed by atoms with Gasteiger partial charge < -0.3 is 9.84 Å². The van der Waals surface area contributed by atoms with Crippen LogP contribution in [0.3, 0.4) is 0 Å². The van der Waals surface area contributed by atoms with Crippen molar-refractivity contribution < 1.29 is 14.6 Å². The van der Waals surface area contributed by atoms with E-state index >= 15 is 0 Å². The number of aliphatic carboxylic acids is 1. The lowest BCUT2D eigenvalue weighted by molar-refractivity contribution is -0.138. The zero-order chi connectivity index (χ0) is 6.48. The predicted octanol–water partition coefficient (Wildman–Crippen LogP) is 0.393. The van der Waals surface area contributed by atoms with E-state index in [0.29, 0.717) is 0 Å². The van der Waals surface area contributed by atoms with Crippen molar-refractivity contribution in [2.45, 2.75) is 31.0 Å². The Hall–Kier alpha value is -0.570. The lowest BCUT2D eigenvalue weighted by atomic mass is 9.82. The zero-order valence-electron chi connectivity index (χ0n) is 4.96. The quantitative estimate of drug-likeness (QED) is 0.520. The van der Waals surface area contributed by atoms with E-state index in [2.05, 4.69) is 0 Å². The number of carbonyl (C=O) groups is 1. The highest BCUT2D eigenvalue weighted by Gasteiger charge is 2.64. The minimum atomic E-state index is -0.797. The highest BCUT2D eigenvalue weighted by Crippen LogP contribution is 2.52. The van der Waals surface area contributed by atoms with Crippen LogP contribution >= 0.6 is 0 Å². The number of hydrogen-bond donors (Lipinski definition) is 1. The van der Waals surface area contributed by atoms with Crippen LogP contribution in [-0.4, -0.2) is 22.8 Å². The Morgan fingerprint density at radius 3 is 2.44 bits per heavy atom. The fraction of sp³-hybridized carbons (Fsp3) is 0.833. The van der Waals surface area contributed by atoms with Gasteiger partial charge in [-0.3, -0.25) is 0 Å². The Morgan fingerprint density at radius 1 is 1.67 bits per heavy atom. The average Bonchev–Trinajstić information content (AvgIpc) is 2.34. The summed E-state index contributed by atoms with van der Waals surface area (Å²) in [6.07, 6.45) is 2.56. The largest absolute Gasteiger partial charge is 0.479 e. The fourth-order valence-electron chi connectivity index (χ4n) is 1.38. The Labute approximate surface area is 52.6 Å². The summed E-state index contributed by atoms with van der Waals surface area (Å²) in [7, 11) is 0. The fourth-order valence-corrected chi connectivity index (χ4v) is 1.38. The van der Waals surface area contributed by atoms with Gasteiger partial charge in [0.15, 0.2) is 6.10 Å². The topological polar surface area (TPSA) is 49.8 Å². The van der Waals surface area contributed by atoms with Crippen molar-refractivity contribution >= 4 is 5.97 Å². The maximum Gasteiger partial charge on any atom is 0.335 e. The van der Waals surface area contributed by atoms with E-state index < -0.39 is 12.1 Å². The second-order valence-electron chi connectivity index (χ2n) is 2.75. The summed E-state index contributed by atoms with van der Waals surface area (Å²) in [6, 6.07) is 0. The molecule has 3 nitrogen and oxygen atoms in total. The van der Waals surface area contributed by atoms with Gasteiger partial charge in [-0.1, -0.05) is 0 Å². The lowest BCUT2D eigenvalue weighted by Gasteiger charge is -2.20. The molecule has 1 unspecified atom stereocenters. The second kappa shape index (κ2) is 1.29. The monoisotopic (exact) mass is 128 g/mol. The van der Waals surface area contributed by atoms with Crippen LogP contribution in [0.1, 0.15) is 19.3 Å². The molecular formula is C6H8O3. The maximum absolute atomic E-state index is 10.2. The molecule has 1 saturated carbocycles. The molecule has 2 aliphatic rings. The SMILES string of the molecule is O=C(O)C1OC12CCC2. The first-order valence-corrected chi connectivity index (χ1v) is 3.15. The zero-order valence-corrected chi connectivity index (χ0v) is 4.96. The molecule has 1 heterocycles. The number of carboxylic acids is 1. The van der Waals surface area contributed by atoms with Crippen LogP contribution in [0.4, 0.5) is 0 Å². The molecule has 0 bridgehead atoms. The summed E-state index contributed by atoms with van der Waals surface area (Å²) < 4.78 is 5.00. The molecule has 0 aromatic rings. The summed E-state index contributed by atoms with van der Waals surface area (Å²) in [4.78, 5) is 10.2. The van der Waals surface area contributed by atoms with Gasteiger partial charge in [0.2, 0.25) is 0 Å². The van der Waals surface area contributed by atoms with E-state index in [9.17, 15) is 4.79 Å². The average molecular weight is 128 g/mol. The van der Waals surface area contributed by atoms with Crippen molar-refractivity contribution in [1.82, 2.24) is 0 Å². The van der Waals surface area contributed by atoms with Crippen LogP contribution < -0.4 is 0 Å². The number of ether oxygens (including phenoxy) is 1. The van der Waals surface area contributed by atoms with E-state index in [4.69, 9.17) is 9.84 Å². The van der Waals surface area contributed by atoms with Gasteiger partial charge in [-0.15, -0.1) is 0 Å². The molecule has 2 rings (SSSR count). The minimum Gasteiger partial charge on any atom is -0.479 e. The van der Waals surface area contributed by atoms with E-state index in [1.807, 2.05) is 0 Å².